The van der Waals surface area contributed by atoms with E-state index < -0.39 is 15.8 Å². The number of non-ortho nitro benzene ring substituents is 2. The first-order valence-corrected chi connectivity index (χ1v) is 6.91. The number of nitro groups is 2. The molecule has 126 valence electrons. The van der Waals surface area contributed by atoms with Crippen LogP contribution in [-0.4, -0.2) is 25.9 Å². The number of hydrogen-bond acceptors (Lipinski definition) is 6. The van der Waals surface area contributed by atoms with Crippen LogP contribution in [-0.2, 0) is 0 Å². The Bertz CT molecular complexity index is 1030. The molecule has 0 atom stereocenters. The smallest absolute Gasteiger partial charge is 0.352 e. The number of carbonyl (C=O) groups is 1. The number of fused-ring (bicyclic) bond motifs is 1. The van der Waals surface area contributed by atoms with Crippen LogP contribution in [0.4, 0.5) is 22.7 Å². The van der Waals surface area contributed by atoms with Gasteiger partial charge in [-0.1, -0.05) is 6.07 Å². The molecule has 0 bridgehead atoms. The van der Waals surface area contributed by atoms with Crippen LogP contribution in [0, 0.1) is 20.2 Å². The molecule has 1 aromatic heterocycles. The van der Waals surface area contributed by atoms with Crippen molar-refractivity contribution in [1.82, 2.24) is 4.98 Å². The molecule has 0 aliphatic carbocycles. The second kappa shape index (κ2) is 5.92. The standard InChI is InChI=1S/C15H10N4O6/c20-15(21)12-7-10-11(4-5-13(19(24)25)14(10)17-12)16-8-2-1-3-9(6-8)18(22)23/h1-7,16-17H,(H,20,21). The lowest BCUT2D eigenvalue weighted by Crippen LogP contribution is -1.96. The summed E-state index contributed by atoms with van der Waals surface area (Å²) in [5.74, 6) is -1.26. The Balaban J connectivity index is 2.12. The molecule has 10 nitrogen and oxygen atoms in total. The van der Waals surface area contributed by atoms with Gasteiger partial charge in [0.05, 0.1) is 9.85 Å². The number of anilines is 2. The first-order valence-electron chi connectivity index (χ1n) is 6.91. The molecular weight excluding hydrogens is 332 g/mol. The summed E-state index contributed by atoms with van der Waals surface area (Å²) in [5.41, 5.74) is 0.229. The van der Waals surface area contributed by atoms with E-state index in [-0.39, 0.29) is 28.0 Å². The highest BCUT2D eigenvalue weighted by molar-refractivity contribution is 6.03. The lowest BCUT2D eigenvalue weighted by molar-refractivity contribution is -0.384. The predicted octanol–water partition coefficient (Wildman–Crippen LogP) is 3.43. The zero-order chi connectivity index (χ0) is 18.1. The maximum atomic E-state index is 11.1. The average Bonchev–Trinajstić information content (AvgIpc) is 3.01. The Morgan fingerprint density at radius 3 is 2.48 bits per heavy atom. The Hall–Kier alpha value is -3.95. The summed E-state index contributed by atoms with van der Waals surface area (Å²) in [5, 5.41) is 34.3. The van der Waals surface area contributed by atoms with Crippen LogP contribution in [0.2, 0.25) is 0 Å². The molecule has 0 saturated heterocycles. The van der Waals surface area contributed by atoms with Crippen LogP contribution < -0.4 is 5.32 Å². The van der Waals surface area contributed by atoms with E-state index in [4.69, 9.17) is 5.11 Å². The van der Waals surface area contributed by atoms with Crippen LogP contribution in [0.25, 0.3) is 10.9 Å². The number of aromatic nitrogens is 1. The number of rotatable bonds is 5. The number of nitro benzene ring substituents is 2. The Kier molecular flexibility index (Phi) is 3.77. The Morgan fingerprint density at radius 2 is 1.84 bits per heavy atom. The topological polar surface area (TPSA) is 151 Å². The van der Waals surface area contributed by atoms with Gasteiger partial charge in [-0.2, -0.15) is 0 Å². The van der Waals surface area contributed by atoms with Gasteiger partial charge in [0.1, 0.15) is 11.2 Å². The van der Waals surface area contributed by atoms with Crippen molar-refractivity contribution < 1.29 is 19.7 Å². The molecule has 0 amide bonds. The molecule has 3 N–H and O–H groups in total. The van der Waals surface area contributed by atoms with Crippen molar-refractivity contribution >= 4 is 39.6 Å². The maximum absolute atomic E-state index is 11.1. The molecule has 0 radical (unpaired) electrons. The third kappa shape index (κ3) is 2.95. The molecule has 25 heavy (non-hydrogen) atoms. The van der Waals surface area contributed by atoms with Crippen molar-refractivity contribution in [2.45, 2.75) is 0 Å². The molecule has 1 heterocycles. The van der Waals surface area contributed by atoms with Crippen molar-refractivity contribution in [1.29, 1.82) is 0 Å². The monoisotopic (exact) mass is 342 g/mol. The number of carboxylic acids is 1. The Morgan fingerprint density at radius 1 is 1.08 bits per heavy atom. The van der Waals surface area contributed by atoms with Gasteiger partial charge >= 0.3 is 5.97 Å². The molecular formula is C15H10N4O6. The molecule has 10 heteroatoms. The first-order chi connectivity index (χ1) is 11.9. The highest BCUT2D eigenvalue weighted by Crippen LogP contribution is 2.34. The van der Waals surface area contributed by atoms with Gasteiger partial charge in [0.2, 0.25) is 0 Å². The summed E-state index contributed by atoms with van der Waals surface area (Å²) in [6.45, 7) is 0. The van der Waals surface area contributed by atoms with Crippen molar-refractivity contribution in [3.63, 3.8) is 0 Å². The third-order valence-electron chi connectivity index (χ3n) is 3.53. The first kappa shape index (κ1) is 15.9. The van der Waals surface area contributed by atoms with E-state index in [1.165, 1.54) is 36.4 Å². The minimum atomic E-state index is -1.26. The number of nitrogens with one attached hydrogen (secondary N) is 2. The molecule has 3 rings (SSSR count). The SMILES string of the molecule is O=C(O)c1cc2c(Nc3cccc([N+](=O)[O-])c3)ccc([N+](=O)[O-])c2[nH]1. The van der Waals surface area contributed by atoms with Gasteiger partial charge in [-0.15, -0.1) is 0 Å². The zero-order valence-corrected chi connectivity index (χ0v) is 12.4. The van der Waals surface area contributed by atoms with Crippen LogP contribution >= 0.6 is 0 Å². The fourth-order valence-electron chi connectivity index (χ4n) is 2.43. The summed E-state index contributed by atoms with van der Waals surface area (Å²) >= 11 is 0. The minimum Gasteiger partial charge on any atom is -0.477 e. The van der Waals surface area contributed by atoms with E-state index in [1.807, 2.05) is 0 Å². The normalized spacial score (nSPS) is 10.6. The molecule has 0 unspecified atom stereocenters. The quantitative estimate of drug-likeness (QED) is 0.474. The highest BCUT2D eigenvalue weighted by atomic mass is 16.6. The minimum absolute atomic E-state index is 0.0535. The largest absolute Gasteiger partial charge is 0.477 e. The molecule has 0 aliphatic rings. The predicted molar refractivity (Wildman–Crippen MR) is 88.3 cm³/mol. The summed E-state index contributed by atoms with van der Waals surface area (Å²) in [4.78, 5) is 34.5. The van der Waals surface area contributed by atoms with E-state index >= 15 is 0 Å². The number of carboxylic acid groups (broad SMARTS) is 1. The summed E-state index contributed by atoms with van der Waals surface area (Å²) in [6.07, 6.45) is 0. The van der Waals surface area contributed by atoms with Crippen molar-refractivity contribution in [3.05, 3.63) is 68.4 Å². The molecule has 3 aromatic rings. The molecule has 0 aliphatic heterocycles. The molecule has 0 saturated carbocycles. The number of aromatic carboxylic acids is 1. The number of benzene rings is 2. The second-order valence-corrected chi connectivity index (χ2v) is 5.10. The van der Waals surface area contributed by atoms with Crippen molar-refractivity contribution in [2.75, 3.05) is 5.32 Å². The fraction of sp³-hybridized carbons (Fsp3) is 0. The van der Waals surface area contributed by atoms with Gasteiger partial charge in [0.25, 0.3) is 11.4 Å². The third-order valence-corrected chi connectivity index (χ3v) is 3.53. The number of H-pyrrole nitrogens is 1. The van der Waals surface area contributed by atoms with Crippen LogP contribution in [0.15, 0.2) is 42.5 Å². The number of hydrogen-bond donors (Lipinski definition) is 3. The average molecular weight is 342 g/mol. The van der Waals surface area contributed by atoms with E-state index in [0.717, 1.165) is 0 Å². The highest BCUT2D eigenvalue weighted by Gasteiger charge is 2.20. The molecule has 0 fully saturated rings. The zero-order valence-electron chi connectivity index (χ0n) is 12.4. The van der Waals surface area contributed by atoms with E-state index in [2.05, 4.69) is 10.3 Å². The van der Waals surface area contributed by atoms with Crippen LogP contribution in [0.5, 0.6) is 0 Å². The van der Waals surface area contributed by atoms with Crippen LogP contribution in [0.1, 0.15) is 10.5 Å². The summed E-state index contributed by atoms with van der Waals surface area (Å²) < 4.78 is 0. The number of nitrogens with zero attached hydrogens (tertiary/aromatic N) is 2. The fourth-order valence-corrected chi connectivity index (χ4v) is 2.43. The van der Waals surface area contributed by atoms with Gasteiger partial charge in [-0.3, -0.25) is 20.2 Å². The maximum Gasteiger partial charge on any atom is 0.352 e. The molecule has 0 spiro atoms. The lowest BCUT2D eigenvalue weighted by Gasteiger charge is -2.08. The second-order valence-electron chi connectivity index (χ2n) is 5.10. The number of aromatic amines is 1. The lowest BCUT2D eigenvalue weighted by atomic mass is 10.1. The van der Waals surface area contributed by atoms with Crippen molar-refractivity contribution in [3.8, 4) is 0 Å². The van der Waals surface area contributed by atoms with E-state index in [1.54, 1.807) is 6.07 Å². The molecule has 2 aromatic carbocycles. The van der Waals surface area contributed by atoms with Gasteiger partial charge in [-0.05, 0) is 18.2 Å². The summed E-state index contributed by atoms with van der Waals surface area (Å²) in [7, 11) is 0. The van der Waals surface area contributed by atoms with Gasteiger partial charge < -0.3 is 15.4 Å². The Labute approximate surface area is 139 Å². The van der Waals surface area contributed by atoms with E-state index in [9.17, 15) is 25.0 Å². The van der Waals surface area contributed by atoms with Crippen molar-refractivity contribution in [2.24, 2.45) is 0 Å². The van der Waals surface area contributed by atoms with Gasteiger partial charge in [0.15, 0.2) is 0 Å². The van der Waals surface area contributed by atoms with E-state index in [0.29, 0.717) is 11.4 Å². The van der Waals surface area contributed by atoms with Crippen LogP contribution in [0.3, 0.4) is 0 Å². The van der Waals surface area contributed by atoms with Gasteiger partial charge in [0, 0.05) is 35.0 Å². The summed E-state index contributed by atoms with van der Waals surface area (Å²) in [6, 6.07) is 9.62. The van der Waals surface area contributed by atoms with Gasteiger partial charge in [-0.25, -0.2) is 4.79 Å².